The van der Waals surface area contributed by atoms with E-state index in [0.717, 1.165) is 32.5 Å². The molecule has 0 spiro atoms. The Labute approximate surface area is 158 Å². The Balaban J connectivity index is 1.53. The number of aryl methyl sites for hydroxylation is 1. The summed E-state index contributed by atoms with van der Waals surface area (Å²) in [7, 11) is 1.59. The van der Waals surface area contributed by atoms with Crippen LogP contribution in [0.5, 0.6) is 0 Å². The topological polar surface area (TPSA) is 58.4 Å². The monoisotopic (exact) mass is 364 g/mol. The summed E-state index contributed by atoms with van der Waals surface area (Å²) in [6.07, 6.45) is 2.32. The van der Waals surface area contributed by atoms with Gasteiger partial charge in [0.25, 0.3) is 11.5 Å². The van der Waals surface area contributed by atoms with Crippen LogP contribution in [0, 0.1) is 5.92 Å². The molecule has 0 saturated carbocycles. The van der Waals surface area contributed by atoms with Gasteiger partial charge in [-0.25, -0.2) is 4.68 Å². The van der Waals surface area contributed by atoms with Gasteiger partial charge in [0, 0.05) is 31.6 Å². The minimum Gasteiger partial charge on any atom is -0.332 e. The summed E-state index contributed by atoms with van der Waals surface area (Å²) in [5, 5.41) is 4.21. The SMILES string of the molecule is Cn1nc(C(=O)N2C[C@H](c3ccccc3)[C@@H]3[C@H]2C2CCN3CC2)ccc1=O. The molecule has 5 heterocycles. The van der Waals surface area contributed by atoms with Crippen molar-refractivity contribution >= 4 is 5.91 Å². The Morgan fingerprint density at radius 2 is 1.78 bits per heavy atom. The van der Waals surface area contributed by atoms with Gasteiger partial charge in [-0.2, -0.15) is 5.10 Å². The van der Waals surface area contributed by atoms with Crippen molar-refractivity contribution < 1.29 is 4.79 Å². The zero-order valence-electron chi connectivity index (χ0n) is 15.5. The van der Waals surface area contributed by atoms with Gasteiger partial charge in [0.15, 0.2) is 0 Å². The van der Waals surface area contributed by atoms with Crippen molar-refractivity contribution in [1.29, 1.82) is 0 Å². The smallest absolute Gasteiger partial charge is 0.274 e. The van der Waals surface area contributed by atoms with Crippen molar-refractivity contribution in [2.45, 2.75) is 30.8 Å². The van der Waals surface area contributed by atoms with E-state index in [2.05, 4.69) is 34.3 Å². The molecule has 2 aromatic rings. The molecule has 0 unspecified atom stereocenters. The maximum absolute atomic E-state index is 13.3. The third-order valence-electron chi connectivity index (χ3n) is 6.66. The van der Waals surface area contributed by atoms with Gasteiger partial charge >= 0.3 is 0 Å². The molecule has 1 aromatic heterocycles. The summed E-state index contributed by atoms with van der Waals surface area (Å²) in [6, 6.07) is 14.2. The van der Waals surface area contributed by atoms with Crippen molar-refractivity contribution in [1.82, 2.24) is 19.6 Å². The fourth-order valence-corrected chi connectivity index (χ4v) is 5.41. The lowest BCUT2D eigenvalue weighted by molar-refractivity contribution is -0.00364. The molecule has 6 rings (SSSR count). The lowest BCUT2D eigenvalue weighted by atomic mass is 9.75. The molecule has 3 atom stereocenters. The number of aromatic nitrogens is 2. The van der Waals surface area contributed by atoms with Crippen molar-refractivity contribution in [3.05, 3.63) is 64.1 Å². The number of carbonyl (C=O) groups excluding carboxylic acids is 1. The van der Waals surface area contributed by atoms with E-state index in [1.165, 1.54) is 16.3 Å². The van der Waals surface area contributed by atoms with Gasteiger partial charge in [0.2, 0.25) is 0 Å². The van der Waals surface area contributed by atoms with Gasteiger partial charge in [-0.15, -0.1) is 0 Å². The molecular weight excluding hydrogens is 340 g/mol. The lowest BCUT2D eigenvalue weighted by Crippen LogP contribution is -2.60. The van der Waals surface area contributed by atoms with Crippen LogP contribution < -0.4 is 5.56 Å². The molecule has 4 fully saturated rings. The highest BCUT2D eigenvalue weighted by atomic mass is 16.2. The molecule has 6 heteroatoms. The van der Waals surface area contributed by atoms with E-state index in [9.17, 15) is 9.59 Å². The number of nitrogens with zero attached hydrogens (tertiary/aromatic N) is 4. The Kier molecular flexibility index (Phi) is 3.90. The van der Waals surface area contributed by atoms with Gasteiger partial charge in [-0.1, -0.05) is 30.3 Å². The number of likely N-dealkylation sites (tertiary alicyclic amines) is 1. The molecule has 1 aromatic carbocycles. The van der Waals surface area contributed by atoms with Crippen molar-refractivity contribution in [2.24, 2.45) is 13.0 Å². The minimum absolute atomic E-state index is 0.0484. The number of carbonyl (C=O) groups is 1. The Morgan fingerprint density at radius 3 is 2.48 bits per heavy atom. The van der Waals surface area contributed by atoms with E-state index in [1.807, 2.05) is 11.0 Å². The van der Waals surface area contributed by atoms with Crippen molar-refractivity contribution in [2.75, 3.05) is 19.6 Å². The zero-order chi connectivity index (χ0) is 18.5. The summed E-state index contributed by atoms with van der Waals surface area (Å²) >= 11 is 0. The van der Waals surface area contributed by atoms with Gasteiger partial charge in [0.1, 0.15) is 5.69 Å². The highest BCUT2D eigenvalue weighted by Crippen LogP contribution is 2.46. The van der Waals surface area contributed by atoms with Crippen LogP contribution in [0.25, 0.3) is 0 Å². The molecule has 6 nitrogen and oxygen atoms in total. The lowest BCUT2D eigenvalue weighted by Gasteiger charge is -2.51. The second-order valence-corrected chi connectivity index (χ2v) is 8.01. The normalized spacial score (nSPS) is 31.7. The highest BCUT2D eigenvalue weighted by molar-refractivity contribution is 5.92. The van der Waals surface area contributed by atoms with E-state index >= 15 is 0 Å². The van der Waals surface area contributed by atoms with Crippen LogP contribution in [-0.2, 0) is 7.05 Å². The predicted molar refractivity (Wildman–Crippen MR) is 102 cm³/mol. The summed E-state index contributed by atoms with van der Waals surface area (Å²) in [6.45, 7) is 2.99. The molecular formula is C21H24N4O2. The predicted octanol–water partition coefficient (Wildman–Crippen LogP) is 1.48. The van der Waals surface area contributed by atoms with Crippen LogP contribution in [0.4, 0.5) is 0 Å². The first kappa shape index (κ1) is 16.7. The largest absolute Gasteiger partial charge is 0.332 e. The molecule has 0 radical (unpaired) electrons. The number of fused-ring (bicyclic) bond motifs is 2. The van der Waals surface area contributed by atoms with Gasteiger partial charge in [0.05, 0.1) is 6.04 Å². The zero-order valence-corrected chi connectivity index (χ0v) is 15.5. The van der Waals surface area contributed by atoms with Crippen molar-refractivity contribution in [3.63, 3.8) is 0 Å². The molecule has 0 N–H and O–H groups in total. The standard InChI is InChI=1S/C21H24N4O2/c1-23-18(26)8-7-17(22-23)21(27)25-13-16(14-5-3-2-4-6-14)20-19(25)15-9-11-24(20)12-10-15/h2-8,15-16,19-20H,9-13H2,1H3/t16-,19-,20-/m1/s1. The maximum atomic E-state index is 13.3. The average molecular weight is 364 g/mol. The van der Waals surface area contributed by atoms with Crippen LogP contribution in [0.2, 0.25) is 0 Å². The van der Waals surface area contributed by atoms with E-state index in [1.54, 1.807) is 13.1 Å². The van der Waals surface area contributed by atoms with E-state index in [4.69, 9.17) is 0 Å². The summed E-state index contributed by atoms with van der Waals surface area (Å²) in [4.78, 5) is 29.6. The van der Waals surface area contributed by atoms with Crippen LogP contribution in [0.1, 0.15) is 34.8 Å². The quantitative estimate of drug-likeness (QED) is 0.810. The molecule has 4 aliphatic heterocycles. The second-order valence-electron chi connectivity index (χ2n) is 8.01. The van der Waals surface area contributed by atoms with Crippen LogP contribution in [0.15, 0.2) is 47.3 Å². The Hall–Kier alpha value is -2.47. The molecule has 4 aliphatic rings. The fraction of sp³-hybridized carbons (Fsp3) is 0.476. The first-order valence-electron chi connectivity index (χ1n) is 9.78. The maximum Gasteiger partial charge on any atom is 0.274 e. The Bertz CT molecular complexity index is 917. The van der Waals surface area contributed by atoms with Gasteiger partial charge < -0.3 is 4.90 Å². The van der Waals surface area contributed by atoms with Crippen molar-refractivity contribution in [3.8, 4) is 0 Å². The highest BCUT2D eigenvalue weighted by Gasteiger charge is 2.54. The fourth-order valence-electron chi connectivity index (χ4n) is 5.41. The first-order chi connectivity index (χ1) is 13.1. The molecule has 1 amide bonds. The summed E-state index contributed by atoms with van der Waals surface area (Å²) < 4.78 is 1.24. The van der Waals surface area contributed by atoms with Gasteiger partial charge in [-0.05, 0) is 43.5 Å². The molecule has 27 heavy (non-hydrogen) atoms. The third kappa shape index (κ3) is 2.62. The third-order valence-corrected chi connectivity index (χ3v) is 6.66. The molecule has 0 aliphatic carbocycles. The number of hydrogen-bond acceptors (Lipinski definition) is 4. The number of hydrogen-bond donors (Lipinski definition) is 0. The number of piperidine rings is 3. The Morgan fingerprint density at radius 1 is 1.04 bits per heavy atom. The molecule has 4 saturated heterocycles. The summed E-state index contributed by atoms with van der Waals surface area (Å²) in [5.74, 6) is 0.841. The molecule has 140 valence electrons. The average Bonchev–Trinajstić information content (AvgIpc) is 3.14. The second kappa shape index (κ2) is 6.30. The van der Waals surface area contributed by atoms with Crippen LogP contribution in [0.3, 0.4) is 0 Å². The van der Waals surface area contributed by atoms with E-state index in [0.29, 0.717) is 23.6 Å². The summed E-state index contributed by atoms with van der Waals surface area (Å²) in [5.41, 5.74) is 1.47. The number of rotatable bonds is 2. The van der Waals surface area contributed by atoms with Crippen LogP contribution >= 0.6 is 0 Å². The molecule has 2 bridgehead atoms. The van der Waals surface area contributed by atoms with E-state index < -0.39 is 0 Å². The van der Waals surface area contributed by atoms with Crippen LogP contribution in [-0.4, -0.2) is 57.2 Å². The number of amides is 1. The van der Waals surface area contributed by atoms with Gasteiger partial charge in [-0.3, -0.25) is 14.5 Å². The van der Waals surface area contributed by atoms with E-state index in [-0.39, 0.29) is 17.5 Å². The minimum atomic E-state index is -0.198. The first-order valence-corrected chi connectivity index (χ1v) is 9.78. The number of benzene rings is 1.